The minimum absolute atomic E-state index is 0.206. The fourth-order valence-corrected chi connectivity index (χ4v) is 2.47. The summed E-state index contributed by atoms with van der Waals surface area (Å²) in [5, 5.41) is 19.3. The normalized spacial score (nSPS) is 23.1. The number of aliphatic hydroxyl groups is 1. The second kappa shape index (κ2) is 6.06. The smallest absolute Gasteiger partial charge is 0.320 e. The Morgan fingerprint density at radius 1 is 1.58 bits per heavy atom. The van der Waals surface area contributed by atoms with E-state index in [4.69, 9.17) is 0 Å². The van der Waals surface area contributed by atoms with E-state index in [1.807, 2.05) is 20.0 Å². The highest BCUT2D eigenvalue weighted by atomic mass is 16.3. The SMILES string of the molecule is Cc1cc(NC(=O)NCC2CCCC(O)C2)nn1C. The molecule has 0 bridgehead atoms. The molecule has 106 valence electrons. The van der Waals surface area contributed by atoms with E-state index in [0.29, 0.717) is 18.3 Å². The molecule has 1 aromatic heterocycles. The number of anilines is 1. The summed E-state index contributed by atoms with van der Waals surface area (Å²) in [6, 6.07) is 1.59. The van der Waals surface area contributed by atoms with Gasteiger partial charge in [0.1, 0.15) is 0 Å². The lowest BCUT2D eigenvalue weighted by atomic mass is 9.87. The van der Waals surface area contributed by atoms with Gasteiger partial charge in [-0.3, -0.25) is 10.00 Å². The number of urea groups is 1. The highest BCUT2D eigenvalue weighted by molar-refractivity contribution is 5.88. The van der Waals surface area contributed by atoms with Crippen molar-refractivity contribution < 1.29 is 9.90 Å². The quantitative estimate of drug-likeness (QED) is 0.773. The van der Waals surface area contributed by atoms with Gasteiger partial charge in [-0.25, -0.2) is 4.79 Å². The van der Waals surface area contributed by atoms with Crippen molar-refractivity contribution in [1.29, 1.82) is 0 Å². The Balaban J connectivity index is 1.75. The van der Waals surface area contributed by atoms with Gasteiger partial charge in [0.05, 0.1) is 6.10 Å². The number of aryl methyl sites for hydroxylation is 2. The van der Waals surface area contributed by atoms with Crippen LogP contribution in [0.2, 0.25) is 0 Å². The minimum Gasteiger partial charge on any atom is -0.393 e. The Hall–Kier alpha value is -1.56. The Kier molecular flexibility index (Phi) is 4.42. The first kappa shape index (κ1) is 13.9. The number of rotatable bonds is 3. The molecule has 3 N–H and O–H groups in total. The van der Waals surface area contributed by atoms with Gasteiger partial charge in [0.2, 0.25) is 0 Å². The second-order valence-electron chi connectivity index (χ2n) is 5.32. The van der Waals surface area contributed by atoms with Gasteiger partial charge < -0.3 is 10.4 Å². The molecule has 0 spiro atoms. The Morgan fingerprint density at radius 2 is 2.37 bits per heavy atom. The number of amides is 2. The summed E-state index contributed by atoms with van der Waals surface area (Å²) >= 11 is 0. The molecule has 1 aliphatic rings. The summed E-state index contributed by atoms with van der Waals surface area (Å²) in [6.07, 6.45) is 3.56. The van der Waals surface area contributed by atoms with Crippen LogP contribution in [0.1, 0.15) is 31.4 Å². The third-order valence-corrected chi connectivity index (χ3v) is 3.66. The first-order valence-corrected chi connectivity index (χ1v) is 6.78. The van der Waals surface area contributed by atoms with Gasteiger partial charge in [0.25, 0.3) is 0 Å². The zero-order valence-corrected chi connectivity index (χ0v) is 11.5. The van der Waals surface area contributed by atoms with E-state index >= 15 is 0 Å². The van der Waals surface area contributed by atoms with Crippen molar-refractivity contribution in [3.05, 3.63) is 11.8 Å². The Bertz CT molecular complexity index is 424. The minimum atomic E-state index is -0.238. The van der Waals surface area contributed by atoms with Crippen LogP contribution in [0.25, 0.3) is 0 Å². The number of aliphatic hydroxyl groups excluding tert-OH is 1. The summed E-state index contributed by atoms with van der Waals surface area (Å²) in [7, 11) is 1.84. The zero-order valence-electron chi connectivity index (χ0n) is 11.5. The number of carbonyl (C=O) groups is 1. The van der Waals surface area contributed by atoms with E-state index in [0.717, 1.165) is 31.4 Å². The Labute approximate surface area is 113 Å². The summed E-state index contributed by atoms with van der Waals surface area (Å²) < 4.78 is 1.72. The van der Waals surface area contributed by atoms with Crippen molar-refractivity contribution in [2.75, 3.05) is 11.9 Å². The maximum Gasteiger partial charge on any atom is 0.320 e. The molecular weight excluding hydrogens is 244 g/mol. The molecule has 2 rings (SSSR count). The van der Waals surface area contributed by atoms with Crippen LogP contribution in [0.15, 0.2) is 6.07 Å². The van der Waals surface area contributed by atoms with Crippen molar-refractivity contribution in [3.63, 3.8) is 0 Å². The first-order chi connectivity index (χ1) is 9.04. The molecule has 1 saturated carbocycles. The summed E-state index contributed by atoms with van der Waals surface area (Å²) in [5.74, 6) is 0.932. The van der Waals surface area contributed by atoms with Gasteiger partial charge in [-0.05, 0) is 32.1 Å². The highest BCUT2D eigenvalue weighted by Gasteiger charge is 2.20. The molecule has 0 aromatic carbocycles. The zero-order chi connectivity index (χ0) is 13.8. The lowest BCUT2D eigenvalue weighted by Crippen LogP contribution is -2.35. The molecule has 1 fully saturated rings. The molecule has 0 aliphatic heterocycles. The standard InChI is InChI=1S/C13H22N4O2/c1-9-6-12(16-17(9)2)15-13(19)14-8-10-4-3-5-11(18)7-10/h6,10-11,18H,3-5,7-8H2,1-2H3,(H2,14,15,16,19). The third-order valence-electron chi connectivity index (χ3n) is 3.66. The lowest BCUT2D eigenvalue weighted by molar-refractivity contribution is 0.101. The van der Waals surface area contributed by atoms with Crippen LogP contribution in [-0.2, 0) is 7.05 Å². The predicted octanol–water partition coefficient (Wildman–Crippen LogP) is 1.40. The van der Waals surface area contributed by atoms with Crippen LogP contribution in [0.5, 0.6) is 0 Å². The molecule has 2 amide bonds. The maximum absolute atomic E-state index is 11.7. The number of aromatic nitrogens is 2. The van der Waals surface area contributed by atoms with E-state index in [1.54, 1.807) is 4.68 Å². The molecule has 1 aromatic rings. The maximum atomic E-state index is 11.7. The van der Waals surface area contributed by atoms with Crippen molar-refractivity contribution in [2.24, 2.45) is 13.0 Å². The number of hydrogen-bond acceptors (Lipinski definition) is 3. The number of nitrogens with zero attached hydrogens (tertiary/aromatic N) is 2. The van der Waals surface area contributed by atoms with Crippen LogP contribution in [0.3, 0.4) is 0 Å². The number of nitrogens with one attached hydrogen (secondary N) is 2. The summed E-state index contributed by atoms with van der Waals surface area (Å²) in [6.45, 7) is 2.54. The fourth-order valence-electron chi connectivity index (χ4n) is 2.47. The molecular formula is C13H22N4O2. The third kappa shape index (κ3) is 3.96. The topological polar surface area (TPSA) is 79.2 Å². The average Bonchev–Trinajstić information content (AvgIpc) is 2.66. The molecule has 2 atom stereocenters. The van der Waals surface area contributed by atoms with E-state index in [-0.39, 0.29) is 12.1 Å². The van der Waals surface area contributed by atoms with Crippen LogP contribution >= 0.6 is 0 Å². The average molecular weight is 266 g/mol. The molecule has 6 heteroatoms. The van der Waals surface area contributed by atoms with Crippen LogP contribution in [0, 0.1) is 12.8 Å². The Morgan fingerprint density at radius 3 is 3.00 bits per heavy atom. The lowest BCUT2D eigenvalue weighted by Gasteiger charge is -2.25. The highest BCUT2D eigenvalue weighted by Crippen LogP contribution is 2.23. The predicted molar refractivity (Wildman–Crippen MR) is 72.9 cm³/mol. The number of hydrogen-bond donors (Lipinski definition) is 3. The molecule has 1 heterocycles. The van der Waals surface area contributed by atoms with Gasteiger partial charge >= 0.3 is 6.03 Å². The summed E-state index contributed by atoms with van der Waals surface area (Å²) in [5.41, 5.74) is 0.991. The molecule has 2 unspecified atom stereocenters. The molecule has 1 aliphatic carbocycles. The van der Waals surface area contributed by atoms with E-state index < -0.39 is 0 Å². The van der Waals surface area contributed by atoms with Gasteiger partial charge in [-0.15, -0.1) is 0 Å². The van der Waals surface area contributed by atoms with Crippen LogP contribution < -0.4 is 10.6 Å². The van der Waals surface area contributed by atoms with Crippen LogP contribution in [0.4, 0.5) is 10.6 Å². The fraction of sp³-hybridized carbons (Fsp3) is 0.692. The van der Waals surface area contributed by atoms with E-state index in [2.05, 4.69) is 15.7 Å². The van der Waals surface area contributed by atoms with Crippen molar-refractivity contribution in [1.82, 2.24) is 15.1 Å². The number of carbonyl (C=O) groups excluding carboxylic acids is 1. The van der Waals surface area contributed by atoms with Gasteiger partial charge in [-0.1, -0.05) is 6.42 Å². The molecule has 0 saturated heterocycles. The largest absolute Gasteiger partial charge is 0.393 e. The van der Waals surface area contributed by atoms with E-state index in [9.17, 15) is 9.90 Å². The molecule has 0 radical (unpaired) electrons. The van der Waals surface area contributed by atoms with E-state index in [1.165, 1.54) is 0 Å². The molecule has 6 nitrogen and oxygen atoms in total. The molecule has 19 heavy (non-hydrogen) atoms. The second-order valence-corrected chi connectivity index (χ2v) is 5.32. The van der Waals surface area contributed by atoms with Crippen molar-refractivity contribution in [2.45, 2.75) is 38.7 Å². The summed E-state index contributed by atoms with van der Waals surface area (Å²) in [4.78, 5) is 11.7. The van der Waals surface area contributed by atoms with Gasteiger partial charge in [-0.2, -0.15) is 5.10 Å². The van der Waals surface area contributed by atoms with Crippen LogP contribution in [-0.4, -0.2) is 33.6 Å². The van der Waals surface area contributed by atoms with Gasteiger partial charge in [0, 0.05) is 25.4 Å². The first-order valence-electron chi connectivity index (χ1n) is 6.78. The van der Waals surface area contributed by atoms with Gasteiger partial charge in [0.15, 0.2) is 5.82 Å². The van der Waals surface area contributed by atoms with Crippen molar-refractivity contribution >= 4 is 11.8 Å². The van der Waals surface area contributed by atoms with Crippen molar-refractivity contribution in [3.8, 4) is 0 Å². The monoisotopic (exact) mass is 266 g/mol.